The molecule has 0 aromatic carbocycles. The van der Waals surface area contributed by atoms with Gasteiger partial charge >= 0.3 is 0 Å². The van der Waals surface area contributed by atoms with E-state index in [0.717, 1.165) is 11.1 Å². The van der Waals surface area contributed by atoms with E-state index in [1.807, 2.05) is 13.0 Å². The van der Waals surface area contributed by atoms with Crippen LogP contribution in [0.25, 0.3) is 0 Å². The molecule has 2 aromatic heterocycles. The van der Waals surface area contributed by atoms with Gasteiger partial charge in [0.25, 0.3) is 0 Å². The summed E-state index contributed by atoms with van der Waals surface area (Å²) in [5.41, 5.74) is 2.39. The van der Waals surface area contributed by atoms with Gasteiger partial charge in [0.15, 0.2) is 0 Å². The van der Waals surface area contributed by atoms with E-state index >= 15 is 0 Å². The molecule has 0 aliphatic carbocycles. The van der Waals surface area contributed by atoms with Gasteiger partial charge in [-0.05, 0) is 43.3 Å². The summed E-state index contributed by atoms with van der Waals surface area (Å²) in [5.74, 6) is -0.310. The van der Waals surface area contributed by atoms with Crippen molar-refractivity contribution in [3.05, 3.63) is 59.4 Å². The number of nitrogens with one attached hydrogen (secondary N) is 1. The highest BCUT2D eigenvalue weighted by atomic mass is 19.1. The largest absolute Gasteiger partial charge is 0.308 e. The first kappa shape index (κ1) is 11.7. The lowest BCUT2D eigenvalue weighted by Crippen LogP contribution is -2.21. The van der Waals surface area contributed by atoms with Gasteiger partial charge in [-0.25, -0.2) is 4.39 Å². The first-order valence-corrected chi connectivity index (χ1v) is 5.42. The normalized spacial score (nSPS) is 12.4. The molecule has 0 fully saturated rings. The van der Waals surface area contributed by atoms with Gasteiger partial charge in [-0.15, -0.1) is 0 Å². The summed E-state index contributed by atoms with van der Waals surface area (Å²) in [6, 6.07) is 4.63. The maximum absolute atomic E-state index is 13.7. The summed E-state index contributed by atoms with van der Waals surface area (Å²) in [5, 5.41) is 3.07. The fraction of sp³-hybridized carbons (Fsp3) is 0.231. The van der Waals surface area contributed by atoms with E-state index in [2.05, 4.69) is 15.3 Å². The van der Waals surface area contributed by atoms with E-state index in [-0.39, 0.29) is 11.9 Å². The van der Waals surface area contributed by atoms with Crippen LogP contribution in [0.4, 0.5) is 4.39 Å². The summed E-state index contributed by atoms with van der Waals surface area (Å²) in [4.78, 5) is 8.18. The zero-order valence-electron chi connectivity index (χ0n) is 9.81. The topological polar surface area (TPSA) is 37.8 Å². The van der Waals surface area contributed by atoms with Crippen LogP contribution in [0.15, 0.2) is 36.8 Å². The van der Waals surface area contributed by atoms with Crippen molar-refractivity contribution in [3.8, 4) is 0 Å². The third-order valence-corrected chi connectivity index (χ3v) is 2.74. The Bertz CT molecular complexity index is 468. The molecule has 0 amide bonds. The molecular weight excluding hydrogens is 217 g/mol. The lowest BCUT2D eigenvalue weighted by Gasteiger charge is -2.18. The van der Waals surface area contributed by atoms with Gasteiger partial charge in [0.05, 0.1) is 11.7 Å². The Kier molecular flexibility index (Phi) is 3.44. The van der Waals surface area contributed by atoms with Crippen molar-refractivity contribution in [2.24, 2.45) is 0 Å². The molecule has 17 heavy (non-hydrogen) atoms. The van der Waals surface area contributed by atoms with Gasteiger partial charge in [-0.3, -0.25) is 9.97 Å². The van der Waals surface area contributed by atoms with Crippen LogP contribution in [0, 0.1) is 12.7 Å². The van der Waals surface area contributed by atoms with E-state index in [1.165, 1.54) is 6.07 Å². The summed E-state index contributed by atoms with van der Waals surface area (Å²) in [6.07, 6.45) is 5.05. The minimum absolute atomic E-state index is 0.273. The Morgan fingerprint density at radius 1 is 1.29 bits per heavy atom. The van der Waals surface area contributed by atoms with E-state index in [9.17, 15) is 4.39 Å². The molecule has 0 saturated carbocycles. The average Bonchev–Trinajstić information content (AvgIpc) is 2.34. The standard InChI is InChI=1S/C13H14FN3/c1-9-5-7-16-8-10(9)12(15-2)13-11(14)4-3-6-17-13/h3-8,12,15H,1-2H3. The summed E-state index contributed by atoms with van der Waals surface area (Å²) >= 11 is 0. The second-order valence-corrected chi connectivity index (χ2v) is 3.82. The molecule has 0 spiro atoms. The van der Waals surface area contributed by atoms with Crippen molar-refractivity contribution in [1.29, 1.82) is 0 Å². The number of aryl methyl sites for hydroxylation is 1. The first-order chi connectivity index (χ1) is 8.24. The van der Waals surface area contributed by atoms with Crippen molar-refractivity contribution in [1.82, 2.24) is 15.3 Å². The molecule has 0 bridgehead atoms. The average molecular weight is 231 g/mol. The van der Waals surface area contributed by atoms with E-state index in [4.69, 9.17) is 0 Å². The van der Waals surface area contributed by atoms with E-state index in [0.29, 0.717) is 5.69 Å². The molecular formula is C13H14FN3. The molecule has 88 valence electrons. The molecule has 1 atom stereocenters. The fourth-order valence-electron chi connectivity index (χ4n) is 1.83. The van der Waals surface area contributed by atoms with Crippen LogP contribution in [0.1, 0.15) is 22.9 Å². The van der Waals surface area contributed by atoms with Gasteiger partial charge < -0.3 is 5.32 Å². The lowest BCUT2D eigenvalue weighted by atomic mass is 10.0. The van der Waals surface area contributed by atoms with Crippen molar-refractivity contribution in [3.63, 3.8) is 0 Å². The van der Waals surface area contributed by atoms with Crippen LogP contribution in [0.2, 0.25) is 0 Å². The quantitative estimate of drug-likeness (QED) is 0.880. The van der Waals surface area contributed by atoms with Gasteiger partial charge in [-0.2, -0.15) is 0 Å². The Morgan fingerprint density at radius 2 is 2.12 bits per heavy atom. The zero-order chi connectivity index (χ0) is 12.3. The summed E-state index contributed by atoms with van der Waals surface area (Å²) in [7, 11) is 1.78. The molecule has 2 rings (SSSR count). The van der Waals surface area contributed by atoms with Gasteiger partial charge in [0, 0.05) is 18.6 Å². The summed E-state index contributed by atoms with van der Waals surface area (Å²) < 4.78 is 13.7. The fourth-order valence-corrected chi connectivity index (χ4v) is 1.83. The van der Waals surface area contributed by atoms with Crippen molar-refractivity contribution in [2.75, 3.05) is 7.05 Å². The smallest absolute Gasteiger partial charge is 0.146 e. The highest BCUT2D eigenvalue weighted by Crippen LogP contribution is 2.23. The minimum atomic E-state index is -0.310. The minimum Gasteiger partial charge on any atom is -0.308 e. The molecule has 2 aromatic rings. The molecule has 0 aliphatic heterocycles. The SMILES string of the molecule is CNC(c1cnccc1C)c1ncccc1F. The molecule has 4 heteroatoms. The maximum atomic E-state index is 13.7. The van der Waals surface area contributed by atoms with Crippen LogP contribution >= 0.6 is 0 Å². The van der Waals surface area contributed by atoms with E-state index < -0.39 is 0 Å². The van der Waals surface area contributed by atoms with Crippen molar-refractivity contribution < 1.29 is 4.39 Å². The number of aromatic nitrogens is 2. The third-order valence-electron chi connectivity index (χ3n) is 2.74. The number of hydrogen-bond donors (Lipinski definition) is 1. The Morgan fingerprint density at radius 3 is 2.76 bits per heavy atom. The zero-order valence-corrected chi connectivity index (χ0v) is 9.81. The number of nitrogens with zero attached hydrogens (tertiary/aromatic N) is 2. The highest BCUT2D eigenvalue weighted by molar-refractivity contribution is 5.32. The van der Waals surface area contributed by atoms with Crippen LogP contribution in [-0.4, -0.2) is 17.0 Å². The van der Waals surface area contributed by atoms with Gasteiger partial charge in [0.1, 0.15) is 5.82 Å². The third kappa shape index (κ3) is 2.31. The number of pyridine rings is 2. The molecule has 1 unspecified atom stereocenters. The van der Waals surface area contributed by atoms with Crippen molar-refractivity contribution in [2.45, 2.75) is 13.0 Å². The predicted molar refractivity (Wildman–Crippen MR) is 64.1 cm³/mol. The van der Waals surface area contributed by atoms with Crippen LogP contribution in [0.3, 0.4) is 0 Å². The van der Waals surface area contributed by atoms with Crippen molar-refractivity contribution >= 4 is 0 Å². The molecule has 0 radical (unpaired) electrons. The number of hydrogen-bond acceptors (Lipinski definition) is 3. The first-order valence-electron chi connectivity index (χ1n) is 5.42. The Labute approximate surface area is 99.7 Å². The maximum Gasteiger partial charge on any atom is 0.146 e. The monoisotopic (exact) mass is 231 g/mol. The second kappa shape index (κ2) is 5.01. The second-order valence-electron chi connectivity index (χ2n) is 3.82. The number of rotatable bonds is 3. The van der Waals surface area contributed by atoms with Crippen LogP contribution < -0.4 is 5.32 Å². The van der Waals surface area contributed by atoms with E-state index in [1.54, 1.807) is 31.7 Å². The molecule has 1 N–H and O–H groups in total. The Hall–Kier alpha value is -1.81. The molecule has 2 heterocycles. The van der Waals surface area contributed by atoms with Crippen LogP contribution in [-0.2, 0) is 0 Å². The van der Waals surface area contributed by atoms with Gasteiger partial charge in [0.2, 0.25) is 0 Å². The lowest BCUT2D eigenvalue weighted by molar-refractivity contribution is 0.558. The molecule has 0 aliphatic rings. The highest BCUT2D eigenvalue weighted by Gasteiger charge is 2.18. The Balaban J connectivity index is 2.48. The molecule has 0 saturated heterocycles. The van der Waals surface area contributed by atoms with Crippen LogP contribution in [0.5, 0.6) is 0 Å². The summed E-state index contributed by atoms with van der Waals surface area (Å²) in [6.45, 7) is 1.97. The predicted octanol–water partition coefficient (Wildman–Crippen LogP) is 2.23. The molecule has 3 nitrogen and oxygen atoms in total. The van der Waals surface area contributed by atoms with Gasteiger partial charge in [-0.1, -0.05) is 0 Å². The number of halogens is 1.